The van der Waals surface area contributed by atoms with Crippen LogP contribution < -0.4 is 14.8 Å². The Balaban J connectivity index is 1.76. The van der Waals surface area contributed by atoms with Crippen molar-refractivity contribution in [2.45, 2.75) is 31.1 Å². The topological polar surface area (TPSA) is 64.6 Å². The zero-order chi connectivity index (χ0) is 21.4. The van der Waals surface area contributed by atoms with E-state index < -0.39 is 5.92 Å². The summed E-state index contributed by atoms with van der Waals surface area (Å²) in [7, 11) is 3.19. The molecule has 30 heavy (non-hydrogen) atoms. The fourth-order valence-electron chi connectivity index (χ4n) is 4.39. The lowest BCUT2D eigenvalue weighted by Crippen LogP contribution is -2.38. The number of nitrogens with one attached hydrogen (secondary N) is 1. The van der Waals surface area contributed by atoms with Crippen LogP contribution >= 0.6 is 23.2 Å². The van der Waals surface area contributed by atoms with E-state index >= 15 is 0 Å². The van der Waals surface area contributed by atoms with Gasteiger partial charge in [0.05, 0.1) is 24.3 Å². The molecule has 1 amide bonds. The van der Waals surface area contributed by atoms with E-state index in [-0.39, 0.29) is 24.0 Å². The highest BCUT2D eigenvalue weighted by Gasteiger charge is 2.39. The summed E-state index contributed by atoms with van der Waals surface area (Å²) in [5.41, 5.74) is 2.86. The smallest absolute Gasteiger partial charge is 0.225 e. The zero-order valence-corrected chi connectivity index (χ0v) is 18.1. The van der Waals surface area contributed by atoms with Gasteiger partial charge in [-0.15, -0.1) is 0 Å². The Labute approximate surface area is 185 Å². The highest BCUT2D eigenvalue weighted by Crippen LogP contribution is 2.46. The summed E-state index contributed by atoms with van der Waals surface area (Å²) < 4.78 is 10.9. The largest absolute Gasteiger partial charge is 0.497 e. The fourth-order valence-corrected chi connectivity index (χ4v) is 4.83. The maximum absolute atomic E-state index is 13.3. The van der Waals surface area contributed by atoms with Crippen LogP contribution in [0.15, 0.2) is 47.7 Å². The van der Waals surface area contributed by atoms with E-state index in [0.29, 0.717) is 51.2 Å². The number of carbonyl (C=O) groups excluding carboxylic acids is 2. The fraction of sp³-hybridized carbons (Fsp3) is 0.304. The predicted molar refractivity (Wildman–Crippen MR) is 116 cm³/mol. The van der Waals surface area contributed by atoms with Gasteiger partial charge in [0.2, 0.25) is 5.91 Å². The van der Waals surface area contributed by atoms with Gasteiger partial charge in [-0.1, -0.05) is 35.3 Å². The number of benzene rings is 2. The summed E-state index contributed by atoms with van der Waals surface area (Å²) in [5, 5.41) is 3.71. The average molecular weight is 446 g/mol. The minimum absolute atomic E-state index is 0.00725. The van der Waals surface area contributed by atoms with E-state index in [4.69, 9.17) is 32.7 Å². The zero-order valence-electron chi connectivity index (χ0n) is 16.6. The molecule has 4 rings (SSSR count). The van der Waals surface area contributed by atoms with E-state index in [9.17, 15) is 9.59 Å². The van der Waals surface area contributed by atoms with E-state index in [0.717, 1.165) is 5.56 Å². The number of halogens is 2. The first-order valence-electron chi connectivity index (χ1n) is 9.64. The van der Waals surface area contributed by atoms with Crippen LogP contribution in [0, 0.1) is 0 Å². The van der Waals surface area contributed by atoms with Crippen LogP contribution in [0.3, 0.4) is 0 Å². The lowest BCUT2D eigenvalue weighted by molar-refractivity contribution is -0.122. The minimum Gasteiger partial charge on any atom is -0.497 e. The molecule has 0 fully saturated rings. The van der Waals surface area contributed by atoms with Gasteiger partial charge in [-0.3, -0.25) is 9.59 Å². The molecule has 156 valence electrons. The van der Waals surface area contributed by atoms with Crippen molar-refractivity contribution in [2.24, 2.45) is 0 Å². The molecule has 0 spiro atoms. The van der Waals surface area contributed by atoms with Gasteiger partial charge in [-0.05, 0) is 36.2 Å². The molecule has 0 saturated heterocycles. The second kappa shape index (κ2) is 8.32. The monoisotopic (exact) mass is 445 g/mol. The van der Waals surface area contributed by atoms with E-state index in [1.807, 2.05) is 24.3 Å². The predicted octanol–water partition coefficient (Wildman–Crippen LogP) is 5.01. The number of allylic oxidation sites excluding steroid dienone is 2. The number of ether oxygens (including phenoxy) is 2. The Morgan fingerprint density at radius 1 is 0.967 bits per heavy atom. The molecule has 2 aromatic rings. The molecule has 0 bridgehead atoms. The lowest BCUT2D eigenvalue weighted by atomic mass is 9.73. The SMILES string of the molecule is COc1ccc(OC)c([C@H]2CC(=O)C3=C(C2)NC(=O)C[C@@H]3c2cccc(Cl)c2Cl)c1. The molecule has 0 radical (unpaired) electrons. The van der Waals surface area contributed by atoms with Crippen molar-refractivity contribution >= 4 is 34.9 Å². The second-order valence-corrected chi connectivity index (χ2v) is 8.26. The molecule has 7 heteroatoms. The van der Waals surface area contributed by atoms with Crippen LogP contribution in [0.4, 0.5) is 0 Å². The number of carbonyl (C=O) groups is 2. The van der Waals surface area contributed by atoms with E-state index in [1.54, 1.807) is 26.4 Å². The van der Waals surface area contributed by atoms with Crippen molar-refractivity contribution in [3.05, 3.63) is 68.8 Å². The van der Waals surface area contributed by atoms with Gasteiger partial charge in [-0.25, -0.2) is 0 Å². The van der Waals surface area contributed by atoms with Crippen molar-refractivity contribution in [1.29, 1.82) is 0 Å². The molecule has 1 N–H and O–H groups in total. The molecule has 0 aromatic heterocycles. The molecule has 0 saturated carbocycles. The summed E-state index contributed by atoms with van der Waals surface area (Å²) in [6.45, 7) is 0. The first-order valence-corrected chi connectivity index (χ1v) is 10.4. The van der Waals surface area contributed by atoms with Crippen LogP contribution in [-0.2, 0) is 9.59 Å². The van der Waals surface area contributed by atoms with Gasteiger partial charge in [0.15, 0.2) is 5.78 Å². The Bertz CT molecular complexity index is 1060. The van der Waals surface area contributed by atoms with E-state index in [1.165, 1.54) is 0 Å². The number of methoxy groups -OCH3 is 2. The molecule has 2 atom stereocenters. The van der Waals surface area contributed by atoms with E-state index in [2.05, 4.69) is 5.32 Å². The summed E-state index contributed by atoms with van der Waals surface area (Å²) in [6, 6.07) is 10.8. The van der Waals surface area contributed by atoms with Gasteiger partial charge in [0, 0.05) is 41.5 Å². The Morgan fingerprint density at radius 3 is 2.50 bits per heavy atom. The van der Waals surface area contributed by atoms with Crippen molar-refractivity contribution in [2.75, 3.05) is 14.2 Å². The number of amides is 1. The standard InChI is InChI=1S/C23H21Cl2NO4/c1-29-13-6-7-20(30-2)15(10-13)12-8-18-22(19(27)9-12)16(11-21(28)26-18)14-4-3-5-17(24)23(14)25/h3-7,10,12,16H,8-9,11H2,1-2H3,(H,26,28)/t12-,16-/m1/s1. The third-order valence-electron chi connectivity index (χ3n) is 5.77. The normalized spacial score (nSPS) is 21.2. The molecule has 1 heterocycles. The molecular weight excluding hydrogens is 425 g/mol. The van der Waals surface area contributed by atoms with Crippen LogP contribution in [0.25, 0.3) is 0 Å². The molecular formula is C23H21Cl2NO4. The molecule has 1 aliphatic carbocycles. The average Bonchev–Trinajstić information content (AvgIpc) is 2.74. The molecule has 1 aliphatic heterocycles. The van der Waals surface area contributed by atoms with Gasteiger partial charge in [-0.2, -0.15) is 0 Å². The highest BCUT2D eigenvalue weighted by atomic mass is 35.5. The molecule has 5 nitrogen and oxygen atoms in total. The molecule has 2 aliphatic rings. The number of hydrogen-bond donors (Lipinski definition) is 1. The van der Waals surface area contributed by atoms with Gasteiger partial charge in [0.1, 0.15) is 11.5 Å². The van der Waals surface area contributed by atoms with Gasteiger partial charge >= 0.3 is 0 Å². The maximum Gasteiger partial charge on any atom is 0.225 e. The highest BCUT2D eigenvalue weighted by molar-refractivity contribution is 6.42. The molecule has 0 unspecified atom stereocenters. The summed E-state index contributed by atoms with van der Waals surface area (Å²) >= 11 is 12.6. The van der Waals surface area contributed by atoms with Crippen molar-refractivity contribution in [3.63, 3.8) is 0 Å². The van der Waals surface area contributed by atoms with Crippen molar-refractivity contribution < 1.29 is 19.1 Å². The Hall–Kier alpha value is -2.50. The second-order valence-electron chi connectivity index (χ2n) is 7.48. The Morgan fingerprint density at radius 2 is 1.77 bits per heavy atom. The number of hydrogen-bond acceptors (Lipinski definition) is 4. The first-order chi connectivity index (χ1) is 14.4. The van der Waals surface area contributed by atoms with Crippen molar-refractivity contribution in [1.82, 2.24) is 5.32 Å². The first kappa shape index (κ1) is 20.8. The van der Waals surface area contributed by atoms with Crippen LogP contribution in [0.2, 0.25) is 10.0 Å². The number of rotatable bonds is 4. The summed E-state index contributed by atoms with van der Waals surface area (Å²) in [4.78, 5) is 25.8. The van der Waals surface area contributed by atoms with Crippen molar-refractivity contribution in [3.8, 4) is 11.5 Å². The lowest BCUT2D eigenvalue weighted by Gasteiger charge is -2.35. The quantitative estimate of drug-likeness (QED) is 0.717. The number of ketones is 1. The van der Waals surface area contributed by atoms with Crippen LogP contribution in [0.5, 0.6) is 11.5 Å². The minimum atomic E-state index is -0.402. The third kappa shape index (κ3) is 3.68. The third-order valence-corrected chi connectivity index (χ3v) is 6.60. The maximum atomic E-state index is 13.3. The van der Waals surface area contributed by atoms with Gasteiger partial charge < -0.3 is 14.8 Å². The summed E-state index contributed by atoms with van der Waals surface area (Å²) in [5.74, 6) is 0.701. The van der Waals surface area contributed by atoms with Gasteiger partial charge in [0.25, 0.3) is 0 Å². The van der Waals surface area contributed by atoms with Crippen LogP contribution in [-0.4, -0.2) is 25.9 Å². The summed E-state index contributed by atoms with van der Waals surface area (Å²) in [6.07, 6.45) is 0.996. The molecule has 2 aromatic carbocycles. The number of Topliss-reactive ketones (excluding diaryl/α,β-unsaturated/α-hetero) is 1. The van der Waals surface area contributed by atoms with Crippen LogP contribution in [0.1, 0.15) is 42.2 Å². The Kier molecular flexibility index (Phi) is 5.76.